The minimum absolute atomic E-state index is 0.0000278. The molecule has 4 rings (SSSR count). The number of methoxy groups -OCH3 is 1. The molecule has 0 radical (unpaired) electrons. The average molecular weight is 405 g/mol. The summed E-state index contributed by atoms with van der Waals surface area (Å²) in [5.74, 6) is 2.49. The number of rotatable bonds is 7. The van der Waals surface area contributed by atoms with Crippen LogP contribution in [0.5, 0.6) is 17.2 Å². The molecule has 1 aromatic heterocycles. The van der Waals surface area contributed by atoms with Gasteiger partial charge in [-0.3, -0.25) is 9.88 Å². The summed E-state index contributed by atoms with van der Waals surface area (Å²) in [5.41, 5.74) is 3.40. The molecule has 156 valence electrons. The van der Waals surface area contributed by atoms with E-state index >= 15 is 0 Å². The first kappa shape index (κ1) is 20.2. The van der Waals surface area contributed by atoms with Crippen LogP contribution in [0.3, 0.4) is 0 Å². The highest BCUT2D eigenvalue weighted by Gasteiger charge is 2.24. The minimum atomic E-state index is 0.0000278. The highest BCUT2D eigenvalue weighted by Crippen LogP contribution is 2.31. The Balaban J connectivity index is 1.46. The third kappa shape index (κ3) is 4.74. The zero-order valence-corrected chi connectivity index (χ0v) is 17.7. The highest BCUT2D eigenvalue weighted by atomic mass is 16.6. The summed E-state index contributed by atoms with van der Waals surface area (Å²) in [6, 6.07) is 18.5. The Bertz CT molecular complexity index is 972. The monoisotopic (exact) mass is 404 g/mol. The number of aromatic nitrogens is 1. The Kier molecular flexibility index (Phi) is 6.19. The fourth-order valence-corrected chi connectivity index (χ4v) is 3.62. The van der Waals surface area contributed by atoms with E-state index in [1.165, 1.54) is 5.56 Å². The van der Waals surface area contributed by atoms with E-state index in [1.54, 1.807) is 7.11 Å². The van der Waals surface area contributed by atoms with Crippen LogP contribution in [-0.4, -0.2) is 42.3 Å². The second-order valence-electron chi connectivity index (χ2n) is 7.83. The van der Waals surface area contributed by atoms with Gasteiger partial charge in [0.1, 0.15) is 18.5 Å². The Morgan fingerprint density at radius 2 is 1.80 bits per heavy atom. The van der Waals surface area contributed by atoms with Crippen LogP contribution in [0, 0.1) is 0 Å². The second-order valence-corrected chi connectivity index (χ2v) is 7.83. The largest absolute Gasteiger partial charge is 0.497 e. The van der Waals surface area contributed by atoms with E-state index in [4.69, 9.17) is 14.2 Å². The third-order valence-corrected chi connectivity index (χ3v) is 5.34. The summed E-state index contributed by atoms with van der Waals surface area (Å²) in [5, 5.41) is 0. The second kappa shape index (κ2) is 9.18. The Labute approximate surface area is 178 Å². The van der Waals surface area contributed by atoms with Gasteiger partial charge in [-0.25, -0.2) is 0 Å². The smallest absolute Gasteiger partial charge is 0.161 e. The molecule has 0 N–H and O–H groups in total. The lowest BCUT2D eigenvalue weighted by Crippen LogP contribution is -2.43. The molecule has 3 aromatic rings. The van der Waals surface area contributed by atoms with Crippen molar-refractivity contribution in [2.24, 2.45) is 0 Å². The van der Waals surface area contributed by atoms with Crippen molar-refractivity contribution in [3.05, 3.63) is 72.6 Å². The lowest BCUT2D eigenvalue weighted by Gasteiger charge is -2.33. The van der Waals surface area contributed by atoms with Gasteiger partial charge in [0, 0.05) is 37.1 Å². The summed E-state index contributed by atoms with van der Waals surface area (Å²) in [7, 11) is 1.68. The molecule has 1 atom stereocenters. The highest BCUT2D eigenvalue weighted by molar-refractivity contribution is 5.63. The maximum atomic E-state index is 6.17. The van der Waals surface area contributed by atoms with Crippen molar-refractivity contribution in [2.45, 2.75) is 32.5 Å². The summed E-state index contributed by atoms with van der Waals surface area (Å²) in [4.78, 5) is 6.88. The van der Waals surface area contributed by atoms with Gasteiger partial charge in [-0.1, -0.05) is 24.3 Å². The molecule has 5 nitrogen and oxygen atoms in total. The van der Waals surface area contributed by atoms with Gasteiger partial charge in [0.25, 0.3) is 0 Å². The lowest BCUT2D eigenvalue weighted by atomic mass is 10.1. The summed E-state index contributed by atoms with van der Waals surface area (Å²) < 4.78 is 17.3. The molecule has 0 bridgehead atoms. The molecule has 0 saturated carbocycles. The molecule has 1 aliphatic rings. The van der Waals surface area contributed by atoms with Gasteiger partial charge in [0.05, 0.1) is 7.11 Å². The number of nitrogens with zero attached hydrogens (tertiary/aromatic N) is 2. The molecule has 2 aromatic carbocycles. The maximum Gasteiger partial charge on any atom is 0.161 e. The van der Waals surface area contributed by atoms with Gasteiger partial charge >= 0.3 is 0 Å². The molecule has 2 heterocycles. The van der Waals surface area contributed by atoms with Crippen LogP contribution in [0.4, 0.5) is 0 Å². The molecule has 30 heavy (non-hydrogen) atoms. The summed E-state index contributed by atoms with van der Waals surface area (Å²) >= 11 is 0. The summed E-state index contributed by atoms with van der Waals surface area (Å²) in [6.07, 6.45) is 3.84. The summed E-state index contributed by atoms with van der Waals surface area (Å²) in [6.45, 7) is 6.57. The van der Waals surface area contributed by atoms with Crippen molar-refractivity contribution in [1.82, 2.24) is 9.88 Å². The van der Waals surface area contributed by atoms with Crippen LogP contribution in [0.15, 0.2) is 67.0 Å². The molecular weight excluding hydrogens is 376 g/mol. The number of hydrogen-bond donors (Lipinski definition) is 0. The van der Waals surface area contributed by atoms with Crippen molar-refractivity contribution in [1.29, 1.82) is 0 Å². The van der Waals surface area contributed by atoms with Gasteiger partial charge in [-0.15, -0.1) is 0 Å². The van der Waals surface area contributed by atoms with Crippen LogP contribution in [0.1, 0.15) is 19.4 Å². The molecule has 0 saturated heterocycles. The number of para-hydroxylation sites is 2. The van der Waals surface area contributed by atoms with Crippen molar-refractivity contribution >= 4 is 0 Å². The van der Waals surface area contributed by atoms with E-state index in [0.717, 1.165) is 41.5 Å². The SMILES string of the molecule is COc1ccc(-c2cncc(CN(CC3COc4ccccc4O3)C(C)C)c2)cc1. The number of fused-ring (bicyclic) bond motifs is 1. The zero-order chi connectivity index (χ0) is 20.9. The minimum Gasteiger partial charge on any atom is -0.497 e. The first-order chi connectivity index (χ1) is 14.6. The number of benzene rings is 2. The molecule has 0 amide bonds. The number of pyridine rings is 1. The zero-order valence-electron chi connectivity index (χ0n) is 17.7. The van der Waals surface area contributed by atoms with E-state index in [9.17, 15) is 0 Å². The first-order valence-electron chi connectivity index (χ1n) is 10.3. The Morgan fingerprint density at radius 1 is 1.03 bits per heavy atom. The molecule has 0 fully saturated rings. The van der Waals surface area contributed by atoms with Gasteiger partial charge < -0.3 is 14.2 Å². The van der Waals surface area contributed by atoms with E-state index in [2.05, 4.69) is 41.9 Å². The molecule has 1 unspecified atom stereocenters. The normalized spacial score (nSPS) is 15.4. The van der Waals surface area contributed by atoms with E-state index in [0.29, 0.717) is 12.6 Å². The van der Waals surface area contributed by atoms with Gasteiger partial charge in [-0.2, -0.15) is 0 Å². The van der Waals surface area contributed by atoms with Gasteiger partial charge in [-0.05, 0) is 55.3 Å². The van der Waals surface area contributed by atoms with Crippen LogP contribution in [0.2, 0.25) is 0 Å². The number of ether oxygens (including phenoxy) is 3. The van der Waals surface area contributed by atoms with Crippen molar-refractivity contribution in [2.75, 3.05) is 20.3 Å². The Hall–Kier alpha value is -3.05. The van der Waals surface area contributed by atoms with Gasteiger partial charge in [0.2, 0.25) is 0 Å². The Morgan fingerprint density at radius 3 is 2.53 bits per heavy atom. The topological polar surface area (TPSA) is 43.8 Å². The van der Waals surface area contributed by atoms with E-state index in [-0.39, 0.29) is 6.10 Å². The molecule has 0 aliphatic carbocycles. The van der Waals surface area contributed by atoms with Crippen molar-refractivity contribution < 1.29 is 14.2 Å². The van der Waals surface area contributed by atoms with Crippen LogP contribution >= 0.6 is 0 Å². The average Bonchev–Trinajstić information content (AvgIpc) is 2.79. The van der Waals surface area contributed by atoms with Crippen LogP contribution in [-0.2, 0) is 6.54 Å². The van der Waals surface area contributed by atoms with E-state index < -0.39 is 0 Å². The maximum absolute atomic E-state index is 6.17. The lowest BCUT2D eigenvalue weighted by molar-refractivity contribution is 0.0468. The fourth-order valence-electron chi connectivity index (χ4n) is 3.62. The van der Waals surface area contributed by atoms with Crippen molar-refractivity contribution in [3.8, 4) is 28.4 Å². The molecule has 0 spiro atoms. The molecule has 1 aliphatic heterocycles. The predicted octanol–water partition coefficient (Wildman–Crippen LogP) is 4.81. The van der Waals surface area contributed by atoms with Crippen LogP contribution < -0.4 is 14.2 Å². The molecule has 5 heteroatoms. The van der Waals surface area contributed by atoms with E-state index in [1.807, 2.05) is 48.8 Å². The predicted molar refractivity (Wildman–Crippen MR) is 118 cm³/mol. The third-order valence-electron chi connectivity index (χ3n) is 5.34. The van der Waals surface area contributed by atoms with Crippen molar-refractivity contribution in [3.63, 3.8) is 0 Å². The number of hydrogen-bond acceptors (Lipinski definition) is 5. The first-order valence-corrected chi connectivity index (χ1v) is 10.3. The quantitative estimate of drug-likeness (QED) is 0.566. The molecular formula is C25H28N2O3. The fraction of sp³-hybridized carbons (Fsp3) is 0.320. The van der Waals surface area contributed by atoms with Crippen LogP contribution in [0.25, 0.3) is 11.1 Å². The standard InChI is InChI=1S/C25H28N2O3/c1-18(2)27(16-23-17-29-24-6-4-5-7-25(24)30-23)15-19-12-21(14-26-13-19)20-8-10-22(28-3)11-9-20/h4-14,18,23H,15-17H2,1-3H3. The van der Waals surface area contributed by atoms with Gasteiger partial charge in [0.15, 0.2) is 11.5 Å².